The average Bonchev–Trinajstić information content (AvgIpc) is 2.91. The number of hydrogen-bond donors (Lipinski definition) is 2. The van der Waals surface area contributed by atoms with Crippen LogP contribution in [0, 0.1) is 5.92 Å². The van der Waals surface area contributed by atoms with Crippen molar-refractivity contribution >= 4 is 29.0 Å². The first-order valence-corrected chi connectivity index (χ1v) is 8.37. The SMILES string of the molecule is CC(C)c1cnn2c(NC3CCC(C(=O)O)CC3)cc(Cl)nc12. The number of carboxylic acid groups (broad SMARTS) is 1. The first-order chi connectivity index (χ1) is 11.0. The van der Waals surface area contributed by atoms with Crippen LogP contribution in [0.2, 0.25) is 5.15 Å². The fourth-order valence-corrected chi connectivity index (χ4v) is 3.34. The molecule has 0 spiro atoms. The summed E-state index contributed by atoms with van der Waals surface area (Å²) in [5.74, 6) is 0.223. The summed E-state index contributed by atoms with van der Waals surface area (Å²) in [6.07, 6.45) is 4.89. The number of rotatable bonds is 4. The summed E-state index contributed by atoms with van der Waals surface area (Å²) in [6, 6.07) is 2.01. The highest BCUT2D eigenvalue weighted by Gasteiger charge is 2.26. The van der Waals surface area contributed by atoms with E-state index in [0.29, 0.717) is 23.9 Å². The van der Waals surface area contributed by atoms with Gasteiger partial charge in [0.1, 0.15) is 11.0 Å². The number of carbonyl (C=O) groups is 1. The second-order valence-corrected chi connectivity index (χ2v) is 6.87. The molecule has 0 aromatic carbocycles. The summed E-state index contributed by atoms with van der Waals surface area (Å²) < 4.78 is 1.78. The maximum atomic E-state index is 11.0. The van der Waals surface area contributed by atoms with E-state index in [1.807, 2.05) is 6.20 Å². The van der Waals surface area contributed by atoms with Gasteiger partial charge < -0.3 is 10.4 Å². The van der Waals surface area contributed by atoms with Gasteiger partial charge in [-0.2, -0.15) is 9.61 Å². The zero-order chi connectivity index (χ0) is 16.6. The smallest absolute Gasteiger partial charge is 0.306 e. The van der Waals surface area contributed by atoms with Crippen molar-refractivity contribution in [1.29, 1.82) is 0 Å². The molecule has 0 unspecified atom stereocenters. The first kappa shape index (κ1) is 16.1. The van der Waals surface area contributed by atoms with Crippen molar-refractivity contribution in [3.8, 4) is 0 Å². The molecule has 0 aliphatic heterocycles. The molecule has 2 aromatic rings. The summed E-state index contributed by atoms with van der Waals surface area (Å²) in [4.78, 5) is 15.4. The van der Waals surface area contributed by atoms with Gasteiger partial charge in [-0.25, -0.2) is 4.98 Å². The van der Waals surface area contributed by atoms with Crippen LogP contribution in [0.15, 0.2) is 12.3 Å². The second-order valence-electron chi connectivity index (χ2n) is 6.49. The van der Waals surface area contributed by atoms with E-state index in [9.17, 15) is 4.79 Å². The third kappa shape index (κ3) is 3.27. The van der Waals surface area contributed by atoms with E-state index >= 15 is 0 Å². The molecule has 1 fully saturated rings. The van der Waals surface area contributed by atoms with E-state index in [-0.39, 0.29) is 12.0 Å². The Kier molecular flexibility index (Phi) is 4.43. The quantitative estimate of drug-likeness (QED) is 0.834. The molecule has 3 rings (SSSR count). The van der Waals surface area contributed by atoms with Crippen LogP contribution in [0.3, 0.4) is 0 Å². The monoisotopic (exact) mass is 336 g/mol. The lowest BCUT2D eigenvalue weighted by Gasteiger charge is -2.27. The Labute approximate surface area is 139 Å². The average molecular weight is 337 g/mol. The molecular formula is C16H21ClN4O2. The second kappa shape index (κ2) is 6.35. The molecule has 1 aliphatic carbocycles. The molecule has 1 aliphatic rings. The standard InChI is InChI=1S/C16H21ClN4O2/c1-9(2)12-8-18-21-14(7-13(17)20-15(12)21)19-11-5-3-10(4-6-11)16(22)23/h7-11,19H,3-6H2,1-2H3,(H,22,23). The predicted molar refractivity (Wildman–Crippen MR) is 89.1 cm³/mol. The number of nitrogens with one attached hydrogen (secondary N) is 1. The van der Waals surface area contributed by atoms with Gasteiger partial charge in [-0.05, 0) is 31.6 Å². The van der Waals surface area contributed by atoms with Crippen molar-refractivity contribution in [1.82, 2.24) is 14.6 Å². The lowest BCUT2D eigenvalue weighted by atomic mass is 9.86. The number of fused-ring (bicyclic) bond motifs is 1. The van der Waals surface area contributed by atoms with Crippen LogP contribution in [0.5, 0.6) is 0 Å². The summed E-state index contributed by atoms with van der Waals surface area (Å²) in [7, 11) is 0. The highest BCUT2D eigenvalue weighted by atomic mass is 35.5. The van der Waals surface area contributed by atoms with Crippen molar-refractivity contribution < 1.29 is 9.90 Å². The highest BCUT2D eigenvalue weighted by molar-refractivity contribution is 6.29. The molecule has 2 aromatic heterocycles. The largest absolute Gasteiger partial charge is 0.481 e. The third-order valence-electron chi connectivity index (χ3n) is 4.52. The molecule has 7 heteroatoms. The molecule has 0 amide bonds. The maximum absolute atomic E-state index is 11.0. The molecule has 2 N–H and O–H groups in total. The molecule has 0 bridgehead atoms. The van der Waals surface area contributed by atoms with Crippen LogP contribution in [0.4, 0.5) is 5.82 Å². The minimum Gasteiger partial charge on any atom is -0.481 e. The lowest BCUT2D eigenvalue weighted by molar-refractivity contribution is -0.142. The fraction of sp³-hybridized carbons (Fsp3) is 0.562. The van der Waals surface area contributed by atoms with E-state index in [1.165, 1.54) is 0 Å². The topological polar surface area (TPSA) is 79.5 Å². The Balaban J connectivity index is 1.82. The normalized spacial score (nSPS) is 21.7. The van der Waals surface area contributed by atoms with Crippen LogP contribution in [0.1, 0.15) is 51.0 Å². The molecule has 6 nitrogen and oxygen atoms in total. The van der Waals surface area contributed by atoms with Gasteiger partial charge in [0, 0.05) is 17.7 Å². The number of aromatic nitrogens is 3. The van der Waals surface area contributed by atoms with Crippen LogP contribution in [0.25, 0.3) is 5.65 Å². The van der Waals surface area contributed by atoms with Crippen LogP contribution in [-0.4, -0.2) is 31.7 Å². The van der Waals surface area contributed by atoms with E-state index < -0.39 is 5.97 Å². The Bertz CT molecular complexity index is 720. The Morgan fingerprint density at radius 2 is 2.09 bits per heavy atom. The third-order valence-corrected chi connectivity index (χ3v) is 4.71. The lowest BCUT2D eigenvalue weighted by Crippen LogP contribution is -2.30. The van der Waals surface area contributed by atoms with Crippen molar-refractivity contribution in [3.63, 3.8) is 0 Å². The number of hydrogen-bond acceptors (Lipinski definition) is 4. The van der Waals surface area contributed by atoms with E-state index in [0.717, 1.165) is 29.9 Å². The van der Waals surface area contributed by atoms with Crippen molar-refractivity contribution in [2.45, 2.75) is 51.5 Å². The summed E-state index contributed by atoms with van der Waals surface area (Å²) >= 11 is 6.17. The highest BCUT2D eigenvalue weighted by Crippen LogP contribution is 2.29. The van der Waals surface area contributed by atoms with Crippen molar-refractivity contribution in [3.05, 3.63) is 23.0 Å². The number of aliphatic carboxylic acids is 1. The number of carboxylic acids is 1. The first-order valence-electron chi connectivity index (χ1n) is 7.99. The van der Waals surface area contributed by atoms with Gasteiger partial charge in [0.2, 0.25) is 0 Å². The van der Waals surface area contributed by atoms with Gasteiger partial charge in [-0.15, -0.1) is 0 Å². The number of nitrogens with zero attached hydrogens (tertiary/aromatic N) is 3. The van der Waals surface area contributed by atoms with Gasteiger partial charge in [0.25, 0.3) is 0 Å². The van der Waals surface area contributed by atoms with Crippen LogP contribution in [-0.2, 0) is 4.79 Å². The molecule has 2 heterocycles. The molecular weight excluding hydrogens is 316 g/mol. The maximum Gasteiger partial charge on any atom is 0.306 e. The zero-order valence-corrected chi connectivity index (χ0v) is 14.0. The minimum absolute atomic E-state index is 0.216. The molecule has 0 atom stereocenters. The summed E-state index contributed by atoms with van der Waals surface area (Å²) in [5, 5.41) is 17.4. The zero-order valence-electron chi connectivity index (χ0n) is 13.3. The van der Waals surface area contributed by atoms with Crippen LogP contribution >= 0.6 is 11.6 Å². The minimum atomic E-state index is -0.688. The van der Waals surface area contributed by atoms with Crippen molar-refractivity contribution in [2.24, 2.45) is 5.92 Å². The van der Waals surface area contributed by atoms with E-state index in [1.54, 1.807) is 10.6 Å². The van der Waals surface area contributed by atoms with Gasteiger partial charge in [-0.1, -0.05) is 25.4 Å². The molecule has 23 heavy (non-hydrogen) atoms. The van der Waals surface area contributed by atoms with Crippen molar-refractivity contribution in [2.75, 3.05) is 5.32 Å². The number of halogens is 1. The predicted octanol–water partition coefficient (Wildman–Crippen LogP) is 3.56. The fourth-order valence-electron chi connectivity index (χ4n) is 3.15. The van der Waals surface area contributed by atoms with Gasteiger partial charge in [0.15, 0.2) is 5.65 Å². The Hall–Kier alpha value is -1.82. The van der Waals surface area contributed by atoms with Gasteiger partial charge in [-0.3, -0.25) is 4.79 Å². The van der Waals surface area contributed by atoms with Crippen LogP contribution < -0.4 is 5.32 Å². The Morgan fingerprint density at radius 3 is 2.70 bits per heavy atom. The molecule has 0 radical (unpaired) electrons. The van der Waals surface area contributed by atoms with Gasteiger partial charge in [0.05, 0.1) is 12.1 Å². The molecule has 1 saturated carbocycles. The molecule has 0 saturated heterocycles. The van der Waals surface area contributed by atoms with E-state index in [4.69, 9.17) is 16.7 Å². The summed E-state index contributed by atoms with van der Waals surface area (Å²) in [6.45, 7) is 4.19. The summed E-state index contributed by atoms with van der Waals surface area (Å²) in [5.41, 5.74) is 1.83. The Morgan fingerprint density at radius 1 is 1.39 bits per heavy atom. The van der Waals surface area contributed by atoms with E-state index in [2.05, 4.69) is 29.2 Å². The molecule has 124 valence electrons. The number of anilines is 1. The van der Waals surface area contributed by atoms with Gasteiger partial charge >= 0.3 is 5.97 Å².